The van der Waals surface area contributed by atoms with E-state index < -0.39 is 46.8 Å². The van der Waals surface area contributed by atoms with Crippen molar-refractivity contribution < 1.29 is 36.7 Å². The molecule has 1 aromatic carbocycles. The maximum absolute atomic E-state index is 15.2. The highest BCUT2D eigenvalue weighted by atomic mass is 32.2. The number of rotatable bonds is 4. The molecular weight excluding hydrogens is 518 g/mol. The third-order valence-corrected chi connectivity index (χ3v) is 6.99. The van der Waals surface area contributed by atoms with Gasteiger partial charge in [0.1, 0.15) is 21.9 Å². The normalized spacial score (nSPS) is 18.2. The summed E-state index contributed by atoms with van der Waals surface area (Å²) >= 11 is 1.12. The molecule has 2 aliphatic heterocycles. The lowest BCUT2D eigenvalue weighted by atomic mass is 10.00. The fourth-order valence-corrected chi connectivity index (χ4v) is 5.31. The van der Waals surface area contributed by atoms with Crippen LogP contribution in [0.25, 0.3) is 0 Å². The summed E-state index contributed by atoms with van der Waals surface area (Å²) in [5.74, 6) is -2.76. The minimum Gasteiger partial charge on any atom is -0.468 e. The van der Waals surface area contributed by atoms with Crippen molar-refractivity contribution in [1.82, 2.24) is 15.3 Å². The number of carbonyl (C=O) groups excluding carboxylic acids is 3. The molecular formula is C23H15F4N5O4S. The minimum atomic E-state index is -4.63. The van der Waals surface area contributed by atoms with Gasteiger partial charge in [-0.25, -0.2) is 19.2 Å². The number of aromatic nitrogens is 2. The molecule has 5 rings (SSSR count). The number of pyridine rings is 2. The predicted molar refractivity (Wildman–Crippen MR) is 123 cm³/mol. The van der Waals surface area contributed by atoms with Crippen LogP contribution in [-0.2, 0) is 15.7 Å². The molecule has 0 aliphatic carbocycles. The monoisotopic (exact) mass is 533 g/mol. The number of urea groups is 1. The molecule has 2 aromatic heterocycles. The van der Waals surface area contributed by atoms with E-state index in [1.165, 1.54) is 31.5 Å². The number of anilines is 3. The molecule has 2 aliphatic rings. The van der Waals surface area contributed by atoms with Crippen molar-refractivity contribution in [2.45, 2.75) is 22.5 Å². The Labute approximate surface area is 210 Å². The lowest BCUT2D eigenvalue weighted by molar-refractivity contribution is -0.140. The Balaban J connectivity index is 1.43. The van der Waals surface area contributed by atoms with Crippen LogP contribution in [0.4, 0.5) is 39.5 Å². The summed E-state index contributed by atoms with van der Waals surface area (Å²) in [6, 6.07) is 4.73. The van der Waals surface area contributed by atoms with Crippen LogP contribution in [0.3, 0.4) is 0 Å². The first kappa shape index (κ1) is 24.5. The van der Waals surface area contributed by atoms with Crippen LogP contribution in [0.15, 0.2) is 53.8 Å². The summed E-state index contributed by atoms with van der Waals surface area (Å²) < 4.78 is 58.8. The van der Waals surface area contributed by atoms with E-state index in [1.807, 2.05) is 0 Å². The van der Waals surface area contributed by atoms with Crippen LogP contribution in [0.2, 0.25) is 0 Å². The standard InChI is InChI=1S/C23H15F4N5O4S/c1-36-21(34)18-17-16-14(5-7-29-20(16)37-18)32(22(35)31-17)13-3-2-10(8-12(13)24)19(33)30-15-9-11(4-6-28-15)23(25,26)27/h2-9,17-18H,1H3,(H,31,35)(H,28,30,33). The van der Waals surface area contributed by atoms with Gasteiger partial charge in [-0.3, -0.25) is 14.5 Å². The molecule has 0 spiro atoms. The number of ether oxygens (including phenoxy) is 1. The van der Waals surface area contributed by atoms with Crippen molar-refractivity contribution in [3.8, 4) is 0 Å². The van der Waals surface area contributed by atoms with Gasteiger partial charge < -0.3 is 15.4 Å². The van der Waals surface area contributed by atoms with Gasteiger partial charge in [0.15, 0.2) is 0 Å². The molecule has 0 radical (unpaired) electrons. The summed E-state index contributed by atoms with van der Waals surface area (Å²) in [6.45, 7) is 0. The smallest absolute Gasteiger partial charge is 0.416 e. The molecule has 0 bridgehead atoms. The van der Waals surface area contributed by atoms with E-state index in [4.69, 9.17) is 4.74 Å². The van der Waals surface area contributed by atoms with Crippen LogP contribution in [0, 0.1) is 5.82 Å². The fraction of sp³-hybridized carbons (Fsp3) is 0.174. The SMILES string of the molecule is COC(=O)C1Sc2nccc3c2C1NC(=O)N3c1ccc(C(=O)Nc2cc(C(F)(F)F)ccn2)cc1F. The first-order valence-electron chi connectivity index (χ1n) is 10.6. The van der Waals surface area contributed by atoms with Crippen molar-refractivity contribution in [3.05, 3.63) is 71.3 Å². The van der Waals surface area contributed by atoms with E-state index in [1.54, 1.807) is 0 Å². The van der Waals surface area contributed by atoms with Crippen molar-refractivity contribution in [1.29, 1.82) is 0 Å². The lowest BCUT2D eigenvalue weighted by Gasteiger charge is -2.34. The average Bonchev–Trinajstić information content (AvgIpc) is 3.23. The summed E-state index contributed by atoms with van der Waals surface area (Å²) in [6.07, 6.45) is -2.32. The van der Waals surface area contributed by atoms with Crippen molar-refractivity contribution in [2.75, 3.05) is 17.3 Å². The molecule has 14 heteroatoms. The van der Waals surface area contributed by atoms with E-state index in [2.05, 4.69) is 20.6 Å². The number of carbonyl (C=O) groups is 3. The zero-order valence-electron chi connectivity index (χ0n) is 18.7. The quantitative estimate of drug-likeness (QED) is 0.377. The van der Waals surface area contributed by atoms with Crippen molar-refractivity contribution in [2.24, 2.45) is 0 Å². The van der Waals surface area contributed by atoms with Gasteiger partial charge in [0.05, 0.1) is 30.1 Å². The number of esters is 1. The molecule has 9 nitrogen and oxygen atoms in total. The van der Waals surface area contributed by atoms with E-state index >= 15 is 4.39 Å². The van der Waals surface area contributed by atoms with E-state index in [9.17, 15) is 27.6 Å². The maximum Gasteiger partial charge on any atom is 0.416 e. The second kappa shape index (κ2) is 9.03. The van der Waals surface area contributed by atoms with Gasteiger partial charge in [-0.15, -0.1) is 0 Å². The summed E-state index contributed by atoms with van der Waals surface area (Å²) in [4.78, 5) is 46.8. The number of thioether (sulfide) groups is 1. The highest BCUT2D eigenvalue weighted by Crippen LogP contribution is 2.51. The Hall–Kier alpha value is -4.20. The molecule has 0 saturated carbocycles. The van der Waals surface area contributed by atoms with Gasteiger partial charge in [-0.05, 0) is 36.4 Å². The van der Waals surface area contributed by atoms with Crippen LogP contribution >= 0.6 is 11.8 Å². The molecule has 2 atom stereocenters. The largest absolute Gasteiger partial charge is 0.468 e. The second-order valence-corrected chi connectivity index (χ2v) is 9.05. The zero-order valence-corrected chi connectivity index (χ0v) is 19.5. The molecule has 0 fully saturated rings. The molecule has 3 aromatic rings. The number of nitrogens with one attached hydrogen (secondary N) is 2. The number of methoxy groups -OCH3 is 1. The Morgan fingerprint density at radius 3 is 2.57 bits per heavy atom. The highest BCUT2D eigenvalue weighted by molar-refractivity contribution is 8.01. The first-order valence-corrected chi connectivity index (χ1v) is 11.4. The number of nitrogens with zero attached hydrogens (tertiary/aromatic N) is 3. The van der Waals surface area contributed by atoms with Crippen LogP contribution in [0.1, 0.15) is 27.5 Å². The van der Waals surface area contributed by atoms with E-state index in [0.29, 0.717) is 22.3 Å². The highest BCUT2D eigenvalue weighted by Gasteiger charge is 2.47. The molecule has 2 unspecified atom stereocenters. The van der Waals surface area contributed by atoms with E-state index in [0.717, 1.165) is 35.0 Å². The van der Waals surface area contributed by atoms with Crippen LogP contribution < -0.4 is 15.5 Å². The fourth-order valence-electron chi connectivity index (χ4n) is 4.05. The summed E-state index contributed by atoms with van der Waals surface area (Å²) in [5.41, 5.74) is -0.575. The van der Waals surface area contributed by atoms with Gasteiger partial charge in [-0.2, -0.15) is 13.2 Å². The summed E-state index contributed by atoms with van der Waals surface area (Å²) in [5, 5.41) is 4.60. The Morgan fingerprint density at radius 1 is 1.11 bits per heavy atom. The minimum absolute atomic E-state index is 0.190. The predicted octanol–water partition coefficient (Wildman–Crippen LogP) is 4.44. The van der Waals surface area contributed by atoms with Gasteiger partial charge in [-0.1, -0.05) is 11.8 Å². The molecule has 190 valence electrons. The number of hydrogen-bond acceptors (Lipinski definition) is 7. The summed E-state index contributed by atoms with van der Waals surface area (Å²) in [7, 11) is 1.23. The molecule has 0 saturated heterocycles. The number of benzene rings is 1. The van der Waals surface area contributed by atoms with Crippen LogP contribution in [-0.4, -0.2) is 40.2 Å². The number of amides is 3. The molecule has 2 N–H and O–H groups in total. The van der Waals surface area contributed by atoms with E-state index in [-0.39, 0.29) is 17.1 Å². The molecule has 3 amide bonds. The van der Waals surface area contributed by atoms with Crippen molar-refractivity contribution in [3.63, 3.8) is 0 Å². The van der Waals surface area contributed by atoms with Gasteiger partial charge in [0, 0.05) is 23.5 Å². The molecule has 37 heavy (non-hydrogen) atoms. The maximum atomic E-state index is 15.2. The Kier molecular flexibility index (Phi) is 5.98. The zero-order chi connectivity index (χ0) is 26.5. The average molecular weight is 533 g/mol. The van der Waals surface area contributed by atoms with Gasteiger partial charge in [0.2, 0.25) is 0 Å². The third kappa shape index (κ3) is 4.33. The third-order valence-electron chi connectivity index (χ3n) is 5.72. The van der Waals surface area contributed by atoms with Crippen molar-refractivity contribution >= 4 is 46.9 Å². The van der Waals surface area contributed by atoms with Crippen LogP contribution in [0.5, 0.6) is 0 Å². The number of hydrogen-bond donors (Lipinski definition) is 2. The first-order chi connectivity index (χ1) is 17.6. The second-order valence-electron chi connectivity index (χ2n) is 7.92. The number of halogens is 4. The lowest BCUT2D eigenvalue weighted by Crippen LogP contribution is -2.47. The Morgan fingerprint density at radius 2 is 1.86 bits per heavy atom. The number of alkyl halides is 3. The molecule has 4 heterocycles. The Bertz CT molecular complexity index is 1450. The van der Waals surface area contributed by atoms with Gasteiger partial charge >= 0.3 is 18.2 Å². The van der Waals surface area contributed by atoms with Gasteiger partial charge in [0.25, 0.3) is 5.91 Å². The topological polar surface area (TPSA) is 114 Å².